The molecule has 1 aliphatic carbocycles. The lowest BCUT2D eigenvalue weighted by Gasteiger charge is -2.42. The molecule has 1 heterocycles. The second-order valence-electron chi connectivity index (χ2n) is 5.84. The molecule has 0 atom stereocenters. The molecule has 3 rings (SSSR count). The summed E-state index contributed by atoms with van der Waals surface area (Å²) in [7, 11) is 0. The molecule has 0 aliphatic heterocycles. The summed E-state index contributed by atoms with van der Waals surface area (Å²) >= 11 is 0. The number of pyridine rings is 1. The van der Waals surface area contributed by atoms with Crippen molar-refractivity contribution in [3.8, 4) is 0 Å². The summed E-state index contributed by atoms with van der Waals surface area (Å²) in [6.45, 7) is 0.702. The minimum atomic E-state index is -0.0499. The molecule has 0 unspecified atom stereocenters. The second kappa shape index (κ2) is 6.56. The first-order valence-electron chi connectivity index (χ1n) is 7.70. The first kappa shape index (κ1) is 14.5. The highest BCUT2D eigenvalue weighted by Gasteiger charge is 2.38. The van der Waals surface area contributed by atoms with E-state index in [0.29, 0.717) is 6.54 Å². The van der Waals surface area contributed by atoms with Crippen LogP contribution in [-0.4, -0.2) is 17.4 Å². The van der Waals surface area contributed by atoms with Crippen LogP contribution in [0.4, 0.5) is 0 Å². The van der Waals surface area contributed by atoms with E-state index in [9.17, 15) is 4.79 Å². The van der Waals surface area contributed by atoms with Gasteiger partial charge in [0, 0.05) is 30.4 Å². The Balaban J connectivity index is 1.59. The van der Waals surface area contributed by atoms with Crippen molar-refractivity contribution in [1.29, 1.82) is 0 Å². The Morgan fingerprint density at radius 2 is 2.00 bits per heavy atom. The highest BCUT2D eigenvalue weighted by atomic mass is 16.1. The Kier molecular flexibility index (Phi) is 4.33. The summed E-state index contributed by atoms with van der Waals surface area (Å²) in [4.78, 5) is 16.0. The lowest BCUT2D eigenvalue weighted by molar-refractivity contribution is -0.116. The van der Waals surface area contributed by atoms with Crippen molar-refractivity contribution in [3.05, 3.63) is 72.1 Å². The topological polar surface area (TPSA) is 42.0 Å². The van der Waals surface area contributed by atoms with Gasteiger partial charge in [-0.25, -0.2) is 0 Å². The van der Waals surface area contributed by atoms with Gasteiger partial charge in [0.1, 0.15) is 0 Å². The minimum absolute atomic E-state index is 0.0499. The maximum atomic E-state index is 12.0. The number of carbonyl (C=O) groups is 1. The summed E-state index contributed by atoms with van der Waals surface area (Å²) in [5.41, 5.74) is 2.39. The highest BCUT2D eigenvalue weighted by molar-refractivity contribution is 5.91. The fraction of sp³-hybridized carbons (Fsp3) is 0.263. The predicted octanol–water partition coefficient (Wildman–Crippen LogP) is 3.33. The third-order valence-electron chi connectivity index (χ3n) is 4.41. The number of hydrogen-bond donors (Lipinski definition) is 1. The van der Waals surface area contributed by atoms with Gasteiger partial charge in [-0.15, -0.1) is 0 Å². The predicted molar refractivity (Wildman–Crippen MR) is 88.3 cm³/mol. The molecule has 3 nitrogen and oxygen atoms in total. The molecule has 1 aromatic heterocycles. The zero-order chi connectivity index (χ0) is 15.3. The van der Waals surface area contributed by atoms with Crippen LogP contribution in [0.2, 0.25) is 0 Å². The number of benzene rings is 1. The first-order chi connectivity index (χ1) is 10.8. The quantitative estimate of drug-likeness (QED) is 0.859. The van der Waals surface area contributed by atoms with Gasteiger partial charge in [-0.2, -0.15) is 0 Å². The molecule has 1 fully saturated rings. The third kappa shape index (κ3) is 3.25. The summed E-state index contributed by atoms with van der Waals surface area (Å²) in [6.07, 6.45) is 10.3. The zero-order valence-electron chi connectivity index (χ0n) is 12.5. The van der Waals surface area contributed by atoms with E-state index in [2.05, 4.69) is 34.6 Å². The fourth-order valence-corrected chi connectivity index (χ4v) is 2.92. The van der Waals surface area contributed by atoms with Crippen molar-refractivity contribution >= 4 is 12.0 Å². The van der Waals surface area contributed by atoms with Crippen LogP contribution in [0.15, 0.2) is 60.9 Å². The summed E-state index contributed by atoms with van der Waals surface area (Å²) in [6, 6.07) is 14.3. The van der Waals surface area contributed by atoms with Crippen LogP contribution in [-0.2, 0) is 10.2 Å². The molecule has 112 valence electrons. The van der Waals surface area contributed by atoms with Gasteiger partial charge in [0.25, 0.3) is 0 Å². The molecule has 1 amide bonds. The van der Waals surface area contributed by atoms with Crippen molar-refractivity contribution in [2.75, 3.05) is 6.54 Å². The molecule has 3 heteroatoms. The number of rotatable bonds is 5. The molecule has 1 N–H and O–H groups in total. The molecule has 0 radical (unpaired) electrons. The van der Waals surface area contributed by atoms with Crippen molar-refractivity contribution in [1.82, 2.24) is 10.3 Å². The zero-order valence-corrected chi connectivity index (χ0v) is 12.5. The summed E-state index contributed by atoms with van der Waals surface area (Å²) in [5, 5.41) is 3.05. The van der Waals surface area contributed by atoms with Crippen molar-refractivity contribution in [2.24, 2.45) is 0 Å². The maximum Gasteiger partial charge on any atom is 0.244 e. The standard InChI is InChI=1S/C19H20N2O/c22-18(10-9-16-6-4-13-20-14-16)21-15-19(11-5-12-19)17-7-2-1-3-8-17/h1-4,6-10,13-14H,5,11-12,15H2,(H,21,22)/b10-9+. The lowest BCUT2D eigenvalue weighted by Crippen LogP contribution is -2.45. The third-order valence-corrected chi connectivity index (χ3v) is 4.41. The summed E-state index contributed by atoms with van der Waals surface area (Å²) in [5.74, 6) is -0.0499. The molecule has 1 aromatic carbocycles. The molecule has 0 spiro atoms. The van der Waals surface area contributed by atoms with Crippen LogP contribution in [0.1, 0.15) is 30.4 Å². The van der Waals surface area contributed by atoms with E-state index in [1.807, 2.05) is 18.2 Å². The van der Waals surface area contributed by atoms with Crippen molar-refractivity contribution in [3.63, 3.8) is 0 Å². The van der Waals surface area contributed by atoms with Crippen LogP contribution in [0.3, 0.4) is 0 Å². The normalized spacial score (nSPS) is 16.2. The number of carbonyl (C=O) groups excluding carboxylic acids is 1. The van der Waals surface area contributed by atoms with E-state index in [1.54, 1.807) is 24.5 Å². The van der Waals surface area contributed by atoms with Gasteiger partial charge in [-0.1, -0.05) is 42.8 Å². The molecule has 0 saturated heterocycles. The van der Waals surface area contributed by atoms with E-state index in [1.165, 1.54) is 12.0 Å². The van der Waals surface area contributed by atoms with E-state index < -0.39 is 0 Å². The number of hydrogen-bond acceptors (Lipinski definition) is 2. The van der Waals surface area contributed by atoms with Crippen LogP contribution < -0.4 is 5.32 Å². The monoisotopic (exact) mass is 292 g/mol. The van der Waals surface area contributed by atoms with Gasteiger partial charge in [-0.05, 0) is 36.1 Å². The van der Waals surface area contributed by atoms with Gasteiger partial charge in [0.15, 0.2) is 0 Å². The molecule has 2 aromatic rings. The van der Waals surface area contributed by atoms with Crippen molar-refractivity contribution < 1.29 is 4.79 Å². The molecule has 1 aliphatic rings. The average Bonchev–Trinajstić information content (AvgIpc) is 2.54. The van der Waals surface area contributed by atoms with Gasteiger partial charge in [0.2, 0.25) is 5.91 Å². The average molecular weight is 292 g/mol. The van der Waals surface area contributed by atoms with E-state index in [-0.39, 0.29) is 11.3 Å². The fourth-order valence-electron chi connectivity index (χ4n) is 2.92. The van der Waals surface area contributed by atoms with Crippen LogP contribution in [0.5, 0.6) is 0 Å². The van der Waals surface area contributed by atoms with Gasteiger partial charge < -0.3 is 5.32 Å². The second-order valence-corrected chi connectivity index (χ2v) is 5.84. The number of aromatic nitrogens is 1. The first-order valence-corrected chi connectivity index (χ1v) is 7.70. The molecular weight excluding hydrogens is 272 g/mol. The maximum absolute atomic E-state index is 12.0. The van der Waals surface area contributed by atoms with Crippen LogP contribution >= 0.6 is 0 Å². The Bertz CT molecular complexity index is 646. The minimum Gasteiger partial charge on any atom is -0.352 e. The SMILES string of the molecule is O=C(/C=C/c1cccnc1)NCC1(c2ccccc2)CCC1. The lowest BCUT2D eigenvalue weighted by atomic mass is 9.64. The van der Waals surface area contributed by atoms with Gasteiger partial charge >= 0.3 is 0 Å². The summed E-state index contributed by atoms with van der Waals surface area (Å²) < 4.78 is 0. The number of amides is 1. The van der Waals surface area contributed by atoms with Crippen molar-refractivity contribution in [2.45, 2.75) is 24.7 Å². The van der Waals surface area contributed by atoms with E-state index >= 15 is 0 Å². The van der Waals surface area contributed by atoms with Crippen LogP contribution in [0.25, 0.3) is 6.08 Å². The Labute approximate surface area is 131 Å². The Morgan fingerprint density at radius 3 is 2.64 bits per heavy atom. The van der Waals surface area contributed by atoms with Gasteiger partial charge in [-0.3, -0.25) is 9.78 Å². The smallest absolute Gasteiger partial charge is 0.244 e. The molecule has 1 saturated carbocycles. The van der Waals surface area contributed by atoms with E-state index in [4.69, 9.17) is 0 Å². The van der Waals surface area contributed by atoms with E-state index in [0.717, 1.165) is 18.4 Å². The number of nitrogens with zero attached hydrogens (tertiary/aromatic N) is 1. The highest BCUT2D eigenvalue weighted by Crippen LogP contribution is 2.43. The Hall–Kier alpha value is -2.42. The molecule has 0 bridgehead atoms. The largest absolute Gasteiger partial charge is 0.352 e. The molecule has 22 heavy (non-hydrogen) atoms. The van der Waals surface area contributed by atoms with Crippen LogP contribution in [0, 0.1) is 0 Å². The number of nitrogens with one attached hydrogen (secondary N) is 1. The molecular formula is C19H20N2O. The van der Waals surface area contributed by atoms with Gasteiger partial charge in [0.05, 0.1) is 0 Å². The Morgan fingerprint density at radius 1 is 1.18 bits per heavy atom.